The van der Waals surface area contributed by atoms with Crippen molar-refractivity contribution in [1.82, 2.24) is 9.78 Å². The first-order valence-electron chi connectivity index (χ1n) is 9.69. The molecule has 0 spiro atoms. The monoisotopic (exact) mass is 449 g/mol. The summed E-state index contributed by atoms with van der Waals surface area (Å²) in [4.78, 5) is 12.3. The molecule has 1 amide bonds. The van der Waals surface area contributed by atoms with E-state index in [4.69, 9.17) is 0 Å². The number of anilines is 1. The maximum absolute atomic E-state index is 13.8. The van der Waals surface area contributed by atoms with Crippen molar-refractivity contribution in [3.63, 3.8) is 0 Å². The molecule has 1 aromatic carbocycles. The Hall–Kier alpha value is -2.59. The quantitative estimate of drug-likeness (QED) is 0.492. The fourth-order valence-corrected chi connectivity index (χ4v) is 4.10. The maximum Gasteiger partial charge on any atom is 0.313 e. The number of benzene rings is 1. The van der Waals surface area contributed by atoms with Gasteiger partial charge in [0.1, 0.15) is 0 Å². The molecule has 1 heterocycles. The van der Waals surface area contributed by atoms with Gasteiger partial charge in [-0.2, -0.15) is 22.7 Å². The molecule has 4 nitrogen and oxygen atoms in total. The number of amides is 1. The molecule has 0 saturated heterocycles. The van der Waals surface area contributed by atoms with Crippen LogP contribution < -0.4 is 5.32 Å². The van der Waals surface area contributed by atoms with Crippen molar-refractivity contribution >= 4 is 11.7 Å². The molecule has 4 rings (SSSR count). The first-order valence-corrected chi connectivity index (χ1v) is 9.69. The van der Waals surface area contributed by atoms with Crippen LogP contribution in [0.4, 0.5) is 36.6 Å². The Labute approximate surface area is 172 Å². The average molecular weight is 449 g/mol. The highest BCUT2D eigenvalue weighted by Crippen LogP contribution is 2.56. The second-order valence-corrected chi connectivity index (χ2v) is 8.10. The van der Waals surface area contributed by atoms with Crippen LogP contribution in [0.15, 0.2) is 12.1 Å². The van der Waals surface area contributed by atoms with Gasteiger partial charge >= 0.3 is 11.8 Å². The summed E-state index contributed by atoms with van der Waals surface area (Å²) in [6.45, 7) is 0. The molecule has 2 aromatic rings. The second kappa shape index (κ2) is 7.23. The molecule has 0 aliphatic heterocycles. The number of aromatic nitrogens is 2. The first kappa shape index (κ1) is 21.6. The van der Waals surface area contributed by atoms with Gasteiger partial charge < -0.3 is 5.32 Å². The van der Waals surface area contributed by atoms with Crippen LogP contribution in [0.2, 0.25) is 0 Å². The van der Waals surface area contributed by atoms with Crippen LogP contribution in [0.3, 0.4) is 0 Å². The Morgan fingerprint density at radius 3 is 2.26 bits per heavy atom. The number of carbonyl (C=O) groups is 1. The van der Waals surface area contributed by atoms with Crippen LogP contribution in [-0.4, -0.2) is 27.5 Å². The number of rotatable bonds is 5. The molecular weight excluding hydrogens is 431 g/mol. The van der Waals surface area contributed by atoms with Crippen LogP contribution in [0, 0.1) is 23.4 Å². The summed E-state index contributed by atoms with van der Waals surface area (Å²) in [5.41, 5.74) is 0.690. The number of hydrogen-bond acceptors (Lipinski definition) is 2. The predicted octanol–water partition coefficient (Wildman–Crippen LogP) is 5.39. The zero-order valence-corrected chi connectivity index (χ0v) is 16.3. The summed E-state index contributed by atoms with van der Waals surface area (Å²) in [7, 11) is 1.45. The van der Waals surface area contributed by atoms with Crippen LogP contribution in [0.1, 0.15) is 43.6 Å². The number of aryl methyl sites for hydroxylation is 1. The van der Waals surface area contributed by atoms with E-state index in [0.29, 0.717) is 18.4 Å². The van der Waals surface area contributed by atoms with Crippen LogP contribution >= 0.6 is 0 Å². The second-order valence-electron chi connectivity index (χ2n) is 8.10. The summed E-state index contributed by atoms with van der Waals surface area (Å²) >= 11 is 0. The van der Waals surface area contributed by atoms with E-state index in [0.717, 1.165) is 18.6 Å². The van der Waals surface area contributed by atoms with Gasteiger partial charge in [-0.05, 0) is 30.9 Å². The molecule has 168 valence electrons. The minimum Gasteiger partial charge on any atom is -0.309 e. The van der Waals surface area contributed by atoms with Crippen molar-refractivity contribution in [3.8, 4) is 11.3 Å². The Balaban J connectivity index is 1.64. The van der Waals surface area contributed by atoms with Crippen molar-refractivity contribution in [1.29, 1.82) is 0 Å². The fraction of sp³-hybridized carbons (Fsp3) is 0.500. The zero-order valence-electron chi connectivity index (χ0n) is 16.3. The van der Waals surface area contributed by atoms with Gasteiger partial charge in [0.25, 0.3) is 0 Å². The molecule has 2 aliphatic rings. The summed E-state index contributed by atoms with van der Waals surface area (Å²) in [5, 5.41) is 6.52. The Kier molecular flexibility index (Phi) is 5.05. The molecule has 1 atom stereocenters. The molecule has 2 saturated carbocycles. The summed E-state index contributed by atoms with van der Waals surface area (Å²) in [5.74, 6) is -15.6. The minimum atomic E-state index is -4.26. The lowest BCUT2D eigenvalue weighted by Gasteiger charge is -2.43. The van der Waals surface area contributed by atoms with Gasteiger partial charge in [0, 0.05) is 36.9 Å². The minimum absolute atomic E-state index is 0.000956. The Morgan fingerprint density at radius 2 is 1.77 bits per heavy atom. The number of alkyl halides is 4. The van der Waals surface area contributed by atoms with E-state index in [-0.39, 0.29) is 23.0 Å². The molecule has 0 bridgehead atoms. The van der Waals surface area contributed by atoms with Crippen molar-refractivity contribution < 1.29 is 35.5 Å². The highest BCUT2D eigenvalue weighted by atomic mass is 19.3. The normalized spacial score (nSPS) is 22.0. The number of hydrogen-bond donors (Lipinski definition) is 1. The standard InChI is InChI=1S/C20H18F7N3O/c1-30-17(10-5-12(21)16(23)13(22)6-10)15(9-3-2-4-9)18(29-30)28-14(31)7-11-8-19(24,25)20(11,26)27/h5-6,9,11H,2-4,7-8H2,1H3,(H,28,29,31)/t11-/m1/s1. The average Bonchev–Trinajstić information content (AvgIpc) is 2.92. The smallest absolute Gasteiger partial charge is 0.309 e. The number of halogens is 7. The molecule has 0 unspecified atom stereocenters. The number of carbonyl (C=O) groups excluding carboxylic acids is 1. The fourth-order valence-electron chi connectivity index (χ4n) is 4.10. The molecule has 1 aromatic heterocycles. The summed E-state index contributed by atoms with van der Waals surface area (Å²) < 4.78 is 95.2. The molecule has 31 heavy (non-hydrogen) atoms. The van der Waals surface area contributed by atoms with Gasteiger partial charge in [0.05, 0.1) is 5.69 Å². The lowest BCUT2D eigenvalue weighted by atomic mass is 9.74. The topological polar surface area (TPSA) is 46.9 Å². The highest BCUT2D eigenvalue weighted by Gasteiger charge is 2.71. The Morgan fingerprint density at radius 1 is 1.16 bits per heavy atom. The lowest BCUT2D eigenvalue weighted by molar-refractivity contribution is -0.313. The van der Waals surface area contributed by atoms with E-state index < -0.39 is 54.0 Å². The summed E-state index contributed by atoms with van der Waals surface area (Å²) in [6.07, 6.45) is 0.339. The molecule has 1 N–H and O–H groups in total. The van der Waals surface area contributed by atoms with Gasteiger partial charge in [-0.1, -0.05) is 6.42 Å². The lowest BCUT2D eigenvalue weighted by Crippen LogP contribution is -2.59. The van der Waals surface area contributed by atoms with E-state index in [9.17, 15) is 35.5 Å². The van der Waals surface area contributed by atoms with E-state index in [1.165, 1.54) is 11.7 Å². The third kappa shape index (κ3) is 3.47. The van der Waals surface area contributed by atoms with Crippen molar-refractivity contribution in [2.75, 3.05) is 5.32 Å². The number of nitrogens with zero attached hydrogens (tertiary/aromatic N) is 2. The predicted molar refractivity (Wildman–Crippen MR) is 96.4 cm³/mol. The van der Waals surface area contributed by atoms with E-state index in [2.05, 4.69) is 10.4 Å². The SMILES string of the molecule is Cn1nc(NC(=O)C[C@@H]2CC(F)(F)C2(F)F)c(C2CCC2)c1-c1cc(F)c(F)c(F)c1. The third-order valence-corrected chi connectivity index (χ3v) is 6.05. The van der Waals surface area contributed by atoms with Gasteiger partial charge in [-0.25, -0.2) is 13.2 Å². The molecule has 0 radical (unpaired) electrons. The Bertz CT molecular complexity index is 1020. The van der Waals surface area contributed by atoms with Gasteiger partial charge in [-0.15, -0.1) is 0 Å². The summed E-state index contributed by atoms with van der Waals surface area (Å²) in [6, 6.07) is 1.61. The van der Waals surface area contributed by atoms with Crippen LogP contribution in [0.25, 0.3) is 11.3 Å². The van der Waals surface area contributed by atoms with E-state index in [1.54, 1.807) is 0 Å². The highest BCUT2D eigenvalue weighted by molar-refractivity contribution is 5.92. The molecular formula is C20H18F7N3O. The maximum atomic E-state index is 13.8. The van der Waals surface area contributed by atoms with Gasteiger partial charge in [0.2, 0.25) is 5.91 Å². The van der Waals surface area contributed by atoms with Crippen LogP contribution in [0.5, 0.6) is 0 Å². The zero-order chi connectivity index (χ0) is 22.7. The molecule has 11 heteroatoms. The van der Waals surface area contributed by atoms with Gasteiger partial charge in [0.15, 0.2) is 23.3 Å². The van der Waals surface area contributed by atoms with Crippen molar-refractivity contribution in [2.45, 2.75) is 49.9 Å². The third-order valence-electron chi connectivity index (χ3n) is 6.05. The first-order chi connectivity index (χ1) is 14.4. The van der Waals surface area contributed by atoms with E-state index in [1.807, 2.05) is 0 Å². The van der Waals surface area contributed by atoms with Crippen LogP contribution in [-0.2, 0) is 11.8 Å². The van der Waals surface area contributed by atoms with E-state index >= 15 is 0 Å². The largest absolute Gasteiger partial charge is 0.313 e. The number of nitrogens with one attached hydrogen (secondary N) is 1. The molecule has 2 fully saturated rings. The van der Waals surface area contributed by atoms with Crippen molar-refractivity contribution in [3.05, 3.63) is 35.1 Å². The van der Waals surface area contributed by atoms with Gasteiger partial charge in [-0.3, -0.25) is 9.48 Å². The van der Waals surface area contributed by atoms with Crippen molar-refractivity contribution in [2.24, 2.45) is 13.0 Å². The molecule has 2 aliphatic carbocycles.